The standard InChI is InChI=1S/C18H24N2Si/c1-19(16-10-5-3-6-11-16)18(14-9-15-21)20(2)17-12-7-4-8-13-17/h3-14,18H,15H2,1-2,21H3. The number of likely N-dealkylation sites (N-methyl/N-ethyl adjacent to an activating group) is 2. The van der Waals surface area contributed by atoms with Crippen molar-refractivity contribution in [2.45, 2.75) is 12.2 Å². The number of rotatable bonds is 6. The van der Waals surface area contributed by atoms with E-state index in [1.807, 2.05) is 0 Å². The van der Waals surface area contributed by atoms with Gasteiger partial charge in [0.05, 0.1) is 0 Å². The van der Waals surface area contributed by atoms with Gasteiger partial charge in [-0.05, 0) is 36.4 Å². The Labute approximate surface area is 131 Å². The van der Waals surface area contributed by atoms with Crippen LogP contribution in [0.2, 0.25) is 6.04 Å². The molecule has 0 radical (unpaired) electrons. The van der Waals surface area contributed by atoms with E-state index < -0.39 is 0 Å². The Morgan fingerprint density at radius 1 is 0.857 bits per heavy atom. The van der Waals surface area contributed by atoms with E-state index in [9.17, 15) is 0 Å². The molecule has 0 heterocycles. The molecule has 2 aromatic carbocycles. The van der Waals surface area contributed by atoms with Crippen molar-refractivity contribution < 1.29 is 0 Å². The third-order valence-corrected chi connectivity index (χ3v) is 4.14. The molecule has 0 fully saturated rings. The minimum atomic E-state index is 0.212. The molecule has 0 unspecified atom stereocenters. The second kappa shape index (κ2) is 7.69. The zero-order valence-corrected chi connectivity index (χ0v) is 15.1. The lowest BCUT2D eigenvalue weighted by atomic mass is 10.2. The number of benzene rings is 2. The predicted octanol–water partition coefficient (Wildman–Crippen LogP) is 2.93. The van der Waals surface area contributed by atoms with Crippen molar-refractivity contribution in [1.29, 1.82) is 0 Å². The molecule has 2 nitrogen and oxygen atoms in total. The molecule has 0 aliphatic heterocycles. The minimum absolute atomic E-state index is 0.212. The fourth-order valence-electron chi connectivity index (χ4n) is 2.41. The molecule has 0 saturated heterocycles. The predicted molar refractivity (Wildman–Crippen MR) is 97.4 cm³/mol. The molecular weight excluding hydrogens is 272 g/mol. The maximum Gasteiger partial charge on any atom is 0.120 e. The zero-order chi connectivity index (χ0) is 15.1. The van der Waals surface area contributed by atoms with E-state index in [4.69, 9.17) is 0 Å². The van der Waals surface area contributed by atoms with Gasteiger partial charge in [-0.25, -0.2) is 0 Å². The van der Waals surface area contributed by atoms with Crippen LogP contribution < -0.4 is 9.80 Å². The van der Waals surface area contributed by atoms with E-state index in [0.29, 0.717) is 0 Å². The summed E-state index contributed by atoms with van der Waals surface area (Å²) in [6, 6.07) is 22.2. The Bertz CT molecular complexity index is 508. The van der Waals surface area contributed by atoms with Gasteiger partial charge < -0.3 is 9.80 Å². The molecular formula is C18H24N2Si. The van der Waals surface area contributed by atoms with E-state index in [-0.39, 0.29) is 6.17 Å². The normalized spacial score (nSPS) is 11.2. The number of para-hydroxylation sites is 2. The van der Waals surface area contributed by atoms with Crippen LogP contribution in [-0.4, -0.2) is 30.5 Å². The number of anilines is 2. The van der Waals surface area contributed by atoms with Gasteiger partial charge in [0, 0.05) is 35.7 Å². The largest absolute Gasteiger partial charge is 0.351 e. The first-order valence-corrected chi connectivity index (χ1v) is 8.88. The molecule has 0 spiro atoms. The van der Waals surface area contributed by atoms with Crippen LogP contribution in [-0.2, 0) is 0 Å². The SMILES string of the molecule is CN(c1ccccc1)C(C=CC[SiH3])N(C)c1ccccc1. The van der Waals surface area contributed by atoms with Crippen LogP contribution >= 0.6 is 0 Å². The quantitative estimate of drug-likeness (QED) is 0.459. The smallest absolute Gasteiger partial charge is 0.120 e. The lowest BCUT2D eigenvalue weighted by Crippen LogP contribution is -2.43. The number of hydrogen-bond acceptors (Lipinski definition) is 2. The van der Waals surface area contributed by atoms with Crippen LogP contribution in [0.15, 0.2) is 72.8 Å². The van der Waals surface area contributed by atoms with Crippen molar-refractivity contribution in [3.8, 4) is 0 Å². The molecule has 3 heteroatoms. The third-order valence-electron chi connectivity index (χ3n) is 3.66. The van der Waals surface area contributed by atoms with Crippen LogP contribution in [0, 0.1) is 0 Å². The van der Waals surface area contributed by atoms with Gasteiger partial charge in [-0.15, -0.1) is 0 Å². The second-order valence-corrected chi connectivity index (χ2v) is 5.96. The highest BCUT2D eigenvalue weighted by Gasteiger charge is 2.17. The van der Waals surface area contributed by atoms with E-state index >= 15 is 0 Å². The summed E-state index contributed by atoms with van der Waals surface area (Å²) in [4.78, 5) is 4.61. The van der Waals surface area contributed by atoms with E-state index in [1.54, 1.807) is 0 Å². The molecule has 21 heavy (non-hydrogen) atoms. The summed E-state index contributed by atoms with van der Waals surface area (Å²) in [5.41, 5.74) is 2.45. The summed E-state index contributed by atoms with van der Waals surface area (Å²) in [5, 5.41) is 0. The molecule has 0 amide bonds. The topological polar surface area (TPSA) is 6.48 Å². The van der Waals surface area contributed by atoms with Gasteiger partial charge in [0.25, 0.3) is 0 Å². The highest BCUT2D eigenvalue weighted by Crippen LogP contribution is 2.21. The summed E-state index contributed by atoms with van der Waals surface area (Å²) in [6.45, 7) is 0. The summed E-state index contributed by atoms with van der Waals surface area (Å²) in [6.07, 6.45) is 4.80. The van der Waals surface area contributed by atoms with Crippen LogP contribution in [0.5, 0.6) is 0 Å². The van der Waals surface area contributed by atoms with Gasteiger partial charge in [0.2, 0.25) is 0 Å². The third kappa shape index (κ3) is 3.98. The number of nitrogens with zero attached hydrogens (tertiary/aromatic N) is 2. The first kappa shape index (κ1) is 15.4. The highest BCUT2D eigenvalue weighted by molar-refractivity contribution is 6.09. The van der Waals surface area contributed by atoms with Crippen molar-refractivity contribution in [3.05, 3.63) is 72.8 Å². The number of hydrogen-bond donors (Lipinski definition) is 0. The van der Waals surface area contributed by atoms with Gasteiger partial charge >= 0.3 is 0 Å². The Morgan fingerprint density at radius 3 is 1.67 bits per heavy atom. The second-order valence-electron chi connectivity index (χ2n) is 5.14. The van der Waals surface area contributed by atoms with E-state index in [0.717, 1.165) is 0 Å². The Kier molecular flexibility index (Phi) is 5.64. The number of allylic oxidation sites excluding steroid dienone is 1. The maximum absolute atomic E-state index is 2.31. The van der Waals surface area contributed by atoms with Gasteiger partial charge in [0.1, 0.15) is 6.17 Å². The first-order chi connectivity index (χ1) is 10.2. The molecule has 0 aliphatic carbocycles. The average Bonchev–Trinajstić information content (AvgIpc) is 2.56. The molecule has 2 aromatic rings. The lowest BCUT2D eigenvalue weighted by molar-refractivity contribution is 0.727. The van der Waals surface area contributed by atoms with Crippen LogP contribution in [0.4, 0.5) is 11.4 Å². The first-order valence-electron chi connectivity index (χ1n) is 7.46. The average molecular weight is 296 g/mol. The molecule has 0 aliphatic rings. The van der Waals surface area contributed by atoms with Crippen LogP contribution in [0.3, 0.4) is 0 Å². The van der Waals surface area contributed by atoms with Gasteiger partial charge in [-0.1, -0.05) is 42.5 Å². The fraction of sp³-hybridized carbons (Fsp3) is 0.222. The Balaban J connectivity index is 2.28. The summed E-state index contributed by atoms with van der Waals surface area (Å²) in [7, 11) is 5.50. The van der Waals surface area contributed by atoms with Crippen molar-refractivity contribution in [2.75, 3.05) is 23.9 Å². The van der Waals surface area contributed by atoms with Crippen molar-refractivity contribution in [3.63, 3.8) is 0 Å². The maximum atomic E-state index is 2.31. The molecule has 0 bridgehead atoms. The monoisotopic (exact) mass is 296 g/mol. The van der Waals surface area contributed by atoms with E-state index in [2.05, 4.69) is 96.7 Å². The molecule has 0 N–H and O–H groups in total. The molecule has 2 rings (SSSR count). The van der Waals surface area contributed by atoms with Crippen molar-refractivity contribution in [2.24, 2.45) is 0 Å². The summed E-state index contributed by atoms with van der Waals surface area (Å²) < 4.78 is 0. The van der Waals surface area contributed by atoms with Crippen molar-refractivity contribution in [1.82, 2.24) is 0 Å². The highest BCUT2D eigenvalue weighted by atomic mass is 28.1. The van der Waals surface area contributed by atoms with Crippen LogP contribution in [0.1, 0.15) is 0 Å². The molecule has 0 saturated carbocycles. The van der Waals surface area contributed by atoms with Gasteiger partial charge in [-0.2, -0.15) is 0 Å². The summed E-state index contributed by atoms with van der Waals surface area (Å²) >= 11 is 0. The Hall–Kier alpha value is -2.00. The van der Waals surface area contributed by atoms with Crippen molar-refractivity contribution >= 4 is 21.6 Å². The lowest BCUT2D eigenvalue weighted by Gasteiger charge is -2.36. The van der Waals surface area contributed by atoms with Gasteiger partial charge in [0.15, 0.2) is 0 Å². The Morgan fingerprint density at radius 2 is 1.29 bits per heavy atom. The van der Waals surface area contributed by atoms with E-state index in [1.165, 1.54) is 27.7 Å². The van der Waals surface area contributed by atoms with Gasteiger partial charge in [-0.3, -0.25) is 0 Å². The summed E-state index contributed by atoms with van der Waals surface area (Å²) in [5.74, 6) is 0. The molecule has 0 atom stereocenters. The molecule has 0 aromatic heterocycles. The minimum Gasteiger partial charge on any atom is -0.351 e. The fourth-order valence-corrected chi connectivity index (χ4v) is 2.68. The zero-order valence-electron chi connectivity index (χ0n) is 13.1. The van der Waals surface area contributed by atoms with Crippen LogP contribution in [0.25, 0.3) is 0 Å². The molecule has 110 valence electrons.